The van der Waals surface area contributed by atoms with Crippen LogP contribution in [0.3, 0.4) is 0 Å². The van der Waals surface area contributed by atoms with Gasteiger partial charge in [-0.15, -0.1) is 0 Å². The quantitative estimate of drug-likeness (QED) is 0.779. The smallest absolute Gasteiger partial charge is 0.262 e. The van der Waals surface area contributed by atoms with Crippen molar-refractivity contribution in [2.45, 2.75) is 52.5 Å². The second-order valence-electron chi connectivity index (χ2n) is 7.41. The summed E-state index contributed by atoms with van der Waals surface area (Å²) in [6.45, 7) is 11.5. The van der Waals surface area contributed by atoms with Gasteiger partial charge in [-0.1, -0.05) is 37.6 Å². The zero-order valence-electron chi connectivity index (χ0n) is 16.8. The molecule has 1 unspecified atom stereocenters. The van der Waals surface area contributed by atoms with Crippen LogP contribution in [0.25, 0.3) is 0 Å². The monoisotopic (exact) mass is 388 g/mol. The molecule has 146 valence electrons. The third-order valence-corrected chi connectivity index (χ3v) is 6.23. The molecule has 1 atom stereocenters. The van der Waals surface area contributed by atoms with Crippen molar-refractivity contribution >= 4 is 21.6 Å². The molecule has 2 aromatic carbocycles. The van der Waals surface area contributed by atoms with Crippen LogP contribution < -0.4 is 10.0 Å². The maximum absolute atomic E-state index is 12.9. The van der Waals surface area contributed by atoms with E-state index in [1.54, 1.807) is 25.1 Å². The first kappa shape index (κ1) is 21.0. The van der Waals surface area contributed by atoms with E-state index in [9.17, 15) is 13.2 Å². The van der Waals surface area contributed by atoms with Gasteiger partial charge in [0.15, 0.2) is 0 Å². The lowest BCUT2D eigenvalue weighted by molar-refractivity contribution is 0.0930. The zero-order chi connectivity index (χ0) is 20.4. The van der Waals surface area contributed by atoms with Crippen molar-refractivity contribution in [3.05, 3.63) is 58.7 Å². The number of aryl methyl sites for hydroxylation is 3. The number of anilines is 1. The van der Waals surface area contributed by atoms with Gasteiger partial charge in [0, 0.05) is 11.6 Å². The van der Waals surface area contributed by atoms with Gasteiger partial charge < -0.3 is 5.32 Å². The van der Waals surface area contributed by atoms with Crippen molar-refractivity contribution in [1.82, 2.24) is 5.32 Å². The molecular formula is C21H28N2O3S. The second-order valence-corrected chi connectivity index (χ2v) is 9.06. The van der Waals surface area contributed by atoms with Crippen molar-refractivity contribution in [2.24, 2.45) is 5.92 Å². The highest BCUT2D eigenvalue weighted by molar-refractivity contribution is 7.92. The van der Waals surface area contributed by atoms with Crippen LogP contribution in [0.1, 0.15) is 47.8 Å². The number of rotatable bonds is 6. The van der Waals surface area contributed by atoms with Gasteiger partial charge in [0.2, 0.25) is 0 Å². The summed E-state index contributed by atoms with van der Waals surface area (Å²) in [4.78, 5) is 12.6. The van der Waals surface area contributed by atoms with Gasteiger partial charge in [0.05, 0.1) is 10.6 Å². The molecule has 0 aliphatic carbocycles. The third-order valence-electron chi connectivity index (χ3n) is 4.72. The van der Waals surface area contributed by atoms with Crippen LogP contribution in [0.15, 0.2) is 41.3 Å². The van der Waals surface area contributed by atoms with E-state index in [-0.39, 0.29) is 22.8 Å². The standard InChI is InChI=1S/C21H28N2O3S/c1-13(2)17(6)22-21(24)18-9-8-15(4)20(12-18)27(25,26)23-19-10-7-14(3)11-16(19)5/h7-13,17,23H,1-6H3,(H,22,24). The number of carbonyl (C=O) groups excluding carboxylic acids is 1. The normalized spacial score (nSPS) is 12.7. The Morgan fingerprint density at radius 1 is 0.926 bits per heavy atom. The molecule has 0 saturated carbocycles. The van der Waals surface area contributed by atoms with Crippen LogP contribution in [-0.4, -0.2) is 20.4 Å². The first-order valence-corrected chi connectivity index (χ1v) is 10.5. The van der Waals surface area contributed by atoms with Crippen LogP contribution in [0.5, 0.6) is 0 Å². The number of benzene rings is 2. The number of hydrogen-bond donors (Lipinski definition) is 2. The molecule has 0 radical (unpaired) electrons. The SMILES string of the molecule is Cc1ccc(NS(=O)(=O)c2cc(C(=O)NC(C)C(C)C)ccc2C)c(C)c1. The van der Waals surface area contributed by atoms with Gasteiger partial charge in [-0.3, -0.25) is 9.52 Å². The molecule has 0 aromatic heterocycles. The molecule has 0 saturated heterocycles. The average molecular weight is 389 g/mol. The van der Waals surface area contributed by atoms with Crippen molar-refractivity contribution in [2.75, 3.05) is 4.72 Å². The molecule has 2 N–H and O–H groups in total. The van der Waals surface area contributed by atoms with Crippen LogP contribution in [0.4, 0.5) is 5.69 Å². The molecule has 0 bridgehead atoms. The summed E-state index contributed by atoms with van der Waals surface area (Å²) in [5, 5.41) is 2.90. The zero-order valence-corrected chi connectivity index (χ0v) is 17.6. The Morgan fingerprint density at radius 2 is 1.59 bits per heavy atom. The van der Waals surface area contributed by atoms with Crippen LogP contribution in [0.2, 0.25) is 0 Å². The minimum Gasteiger partial charge on any atom is -0.349 e. The molecule has 2 aromatic rings. The van der Waals surface area contributed by atoms with Gasteiger partial charge in [-0.05, 0) is 62.9 Å². The number of sulfonamides is 1. The fraction of sp³-hybridized carbons (Fsp3) is 0.381. The summed E-state index contributed by atoms with van der Waals surface area (Å²) in [6.07, 6.45) is 0. The van der Waals surface area contributed by atoms with Crippen molar-refractivity contribution in [3.63, 3.8) is 0 Å². The molecular weight excluding hydrogens is 360 g/mol. The summed E-state index contributed by atoms with van der Waals surface area (Å²) in [6, 6.07) is 10.3. The summed E-state index contributed by atoms with van der Waals surface area (Å²) in [7, 11) is -3.81. The Balaban J connectivity index is 2.35. The molecule has 0 heterocycles. The van der Waals surface area contributed by atoms with E-state index in [4.69, 9.17) is 0 Å². The number of amides is 1. The second kappa shape index (κ2) is 8.13. The Kier molecular flexibility index (Phi) is 6.31. The van der Waals surface area contributed by atoms with Crippen molar-refractivity contribution in [1.29, 1.82) is 0 Å². The Labute approximate surface area is 162 Å². The van der Waals surface area contributed by atoms with Gasteiger partial charge in [0.25, 0.3) is 15.9 Å². The largest absolute Gasteiger partial charge is 0.349 e. The summed E-state index contributed by atoms with van der Waals surface area (Å²) in [5.74, 6) is 0.00736. The lowest BCUT2D eigenvalue weighted by Crippen LogP contribution is -2.36. The highest BCUT2D eigenvalue weighted by Gasteiger charge is 2.21. The van der Waals surface area contributed by atoms with Gasteiger partial charge in [0.1, 0.15) is 0 Å². The van der Waals surface area contributed by atoms with Crippen LogP contribution in [-0.2, 0) is 10.0 Å². The predicted molar refractivity (Wildman–Crippen MR) is 110 cm³/mol. The lowest BCUT2D eigenvalue weighted by Gasteiger charge is -2.18. The number of carbonyl (C=O) groups is 1. The molecule has 6 heteroatoms. The fourth-order valence-corrected chi connectivity index (χ4v) is 4.02. The number of nitrogens with one attached hydrogen (secondary N) is 2. The molecule has 0 fully saturated rings. The number of hydrogen-bond acceptors (Lipinski definition) is 3. The highest BCUT2D eigenvalue weighted by atomic mass is 32.2. The average Bonchev–Trinajstić information content (AvgIpc) is 2.57. The van der Waals surface area contributed by atoms with Crippen molar-refractivity contribution < 1.29 is 13.2 Å². The maximum Gasteiger partial charge on any atom is 0.262 e. The minimum absolute atomic E-state index is 0.00723. The van der Waals surface area contributed by atoms with Crippen molar-refractivity contribution in [3.8, 4) is 0 Å². The first-order chi connectivity index (χ1) is 12.5. The van der Waals surface area contributed by atoms with Crippen LogP contribution in [0, 0.1) is 26.7 Å². The van der Waals surface area contributed by atoms with E-state index in [0.717, 1.165) is 11.1 Å². The van der Waals surface area contributed by atoms with E-state index >= 15 is 0 Å². The molecule has 27 heavy (non-hydrogen) atoms. The third kappa shape index (κ3) is 5.10. The summed E-state index contributed by atoms with van der Waals surface area (Å²) in [5.41, 5.74) is 3.35. The van der Waals surface area contributed by atoms with Gasteiger partial charge in [-0.25, -0.2) is 8.42 Å². The topological polar surface area (TPSA) is 75.3 Å². The van der Waals surface area contributed by atoms with E-state index in [2.05, 4.69) is 10.0 Å². The Bertz CT molecular complexity index is 950. The van der Waals surface area contributed by atoms with Crippen LogP contribution >= 0.6 is 0 Å². The molecule has 2 rings (SSSR count). The fourth-order valence-electron chi connectivity index (χ4n) is 2.62. The van der Waals surface area contributed by atoms with E-state index < -0.39 is 10.0 Å². The van der Waals surface area contributed by atoms with E-state index in [1.807, 2.05) is 46.8 Å². The van der Waals surface area contributed by atoms with E-state index in [1.165, 1.54) is 6.07 Å². The highest BCUT2D eigenvalue weighted by Crippen LogP contribution is 2.23. The lowest BCUT2D eigenvalue weighted by atomic mass is 10.1. The molecule has 0 aliphatic heterocycles. The minimum atomic E-state index is -3.81. The van der Waals surface area contributed by atoms with E-state index in [0.29, 0.717) is 16.8 Å². The first-order valence-electron chi connectivity index (χ1n) is 9.03. The summed E-state index contributed by atoms with van der Waals surface area (Å²) >= 11 is 0. The predicted octanol–water partition coefficient (Wildman–Crippen LogP) is 4.19. The Hall–Kier alpha value is -2.34. The Morgan fingerprint density at radius 3 is 2.19 bits per heavy atom. The molecule has 1 amide bonds. The van der Waals surface area contributed by atoms with Gasteiger partial charge >= 0.3 is 0 Å². The summed E-state index contributed by atoms with van der Waals surface area (Å²) < 4.78 is 28.5. The maximum atomic E-state index is 12.9. The molecule has 0 aliphatic rings. The van der Waals surface area contributed by atoms with Gasteiger partial charge in [-0.2, -0.15) is 0 Å². The molecule has 5 nitrogen and oxygen atoms in total. The molecule has 0 spiro atoms.